The van der Waals surface area contributed by atoms with Crippen LogP contribution in [0.4, 0.5) is 0 Å². The summed E-state index contributed by atoms with van der Waals surface area (Å²) in [5.74, 6) is 0. The third-order valence-electron chi connectivity index (χ3n) is 4.11. The fraction of sp³-hybridized carbons (Fsp3) is 0. The van der Waals surface area contributed by atoms with E-state index in [9.17, 15) is 8.42 Å². The van der Waals surface area contributed by atoms with Gasteiger partial charge in [-0.3, -0.25) is 0 Å². The summed E-state index contributed by atoms with van der Waals surface area (Å²) in [4.78, 5) is 3.09. The molecule has 0 spiro atoms. The molecule has 0 heterocycles. The Balaban J connectivity index is 0.000000228. The lowest BCUT2D eigenvalue weighted by molar-refractivity contribution is 0.596. The lowest BCUT2D eigenvalue weighted by Gasteiger charge is -2.04. The molecule has 32 heavy (non-hydrogen) atoms. The van der Waals surface area contributed by atoms with Crippen LogP contribution in [-0.4, -0.2) is 8.42 Å². The summed E-state index contributed by atoms with van der Waals surface area (Å²) < 4.78 is 28.4. The molecule has 2 nitrogen and oxygen atoms in total. The maximum Gasteiger partial charge on any atom is 0.206 e. The molecule has 0 unspecified atom stereocenters. The normalized spacial score (nSPS) is 10.9. The molecule has 0 bridgehead atoms. The predicted molar refractivity (Wildman–Crippen MR) is 148 cm³/mol. The van der Waals surface area contributed by atoms with Crippen LogP contribution in [0.3, 0.4) is 0 Å². The second-order valence-corrected chi connectivity index (χ2v) is 13.2. The molecule has 0 aliphatic rings. The molecule has 0 amide bonds. The molecule has 0 fully saturated rings. The minimum atomic E-state index is -3.41. The van der Waals surface area contributed by atoms with Gasteiger partial charge in [0.25, 0.3) is 0 Å². The van der Waals surface area contributed by atoms with Crippen molar-refractivity contribution in [2.45, 2.75) is 19.6 Å². The standard InChI is InChI=1S/C12H8Br2O2S.C12H8Br2S.H2/c13-9-1-5-11(6-2-9)17(15,16)12-7-3-10(14)4-8-12;13-9-1-5-11(6-2-9)15-12-7-3-10(14)4-8-12;/h1-8H;1-8H;1H. The van der Waals surface area contributed by atoms with Gasteiger partial charge in [-0.1, -0.05) is 75.5 Å². The first-order valence-electron chi connectivity index (χ1n) is 9.19. The predicted octanol–water partition coefficient (Wildman–Crippen LogP) is 9.65. The van der Waals surface area contributed by atoms with Crippen molar-refractivity contribution < 1.29 is 9.84 Å². The Bertz CT molecular complexity index is 1170. The first-order chi connectivity index (χ1) is 15.2. The van der Waals surface area contributed by atoms with Crippen molar-refractivity contribution in [3.63, 3.8) is 0 Å². The molecule has 0 aromatic heterocycles. The van der Waals surface area contributed by atoms with Crippen molar-refractivity contribution in [2.24, 2.45) is 0 Å². The molecule has 4 rings (SSSR count). The van der Waals surface area contributed by atoms with E-state index in [1.54, 1.807) is 60.3 Å². The highest BCUT2D eigenvalue weighted by Gasteiger charge is 2.16. The summed E-state index contributed by atoms with van der Waals surface area (Å²) in [5, 5.41) is 0. The van der Waals surface area contributed by atoms with Gasteiger partial charge in [0.1, 0.15) is 0 Å². The van der Waals surface area contributed by atoms with Crippen LogP contribution in [0.2, 0.25) is 0 Å². The lowest BCUT2D eigenvalue weighted by Crippen LogP contribution is -2.01. The van der Waals surface area contributed by atoms with Gasteiger partial charge in [-0.2, -0.15) is 0 Å². The maximum atomic E-state index is 12.2. The molecular weight excluding hydrogens is 704 g/mol. The van der Waals surface area contributed by atoms with Crippen LogP contribution >= 0.6 is 75.5 Å². The third kappa shape index (κ3) is 7.57. The second kappa shape index (κ2) is 12.0. The first kappa shape index (κ1) is 25.7. The highest BCUT2D eigenvalue weighted by molar-refractivity contribution is 9.11. The third-order valence-corrected chi connectivity index (χ3v) is 9.03. The molecule has 0 aliphatic heterocycles. The molecule has 166 valence electrons. The Morgan fingerprint density at radius 3 is 1.00 bits per heavy atom. The molecule has 0 saturated carbocycles. The fourth-order valence-electron chi connectivity index (χ4n) is 2.50. The van der Waals surface area contributed by atoms with Gasteiger partial charge in [0.15, 0.2) is 0 Å². The van der Waals surface area contributed by atoms with Crippen molar-refractivity contribution in [3.8, 4) is 0 Å². The van der Waals surface area contributed by atoms with Gasteiger partial charge in [-0.05, 0) is 97.1 Å². The zero-order valence-electron chi connectivity index (χ0n) is 16.4. The number of sulfone groups is 1. The monoisotopic (exact) mass is 718 g/mol. The quantitative estimate of drug-likeness (QED) is 0.211. The van der Waals surface area contributed by atoms with Crippen molar-refractivity contribution in [3.05, 3.63) is 115 Å². The summed E-state index contributed by atoms with van der Waals surface area (Å²) in [6.45, 7) is 0. The topological polar surface area (TPSA) is 34.1 Å². The Hall–Kier alpha value is -0.900. The number of rotatable bonds is 4. The van der Waals surface area contributed by atoms with Crippen LogP contribution in [-0.2, 0) is 9.84 Å². The Kier molecular flexibility index (Phi) is 9.64. The molecule has 8 heteroatoms. The van der Waals surface area contributed by atoms with E-state index in [0.29, 0.717) is 9.79 Å². The van der Waals surface area contributed by atoms with Crippen LogP contribution in [0.15, 0.2) is 135 Å². The van der Waals surface area contributed by atoms with E-state index in [0.717, 1.165) is 17.9 Å². The lowest BCUT2D eigenvalue weighted by atomic mass is 10.4. The number of benzene rings is 4. The van der Waals surface area contributed by atoms with Gasteiger partial charge < -0.3 is 0 Å². The van der Waals surface area contributed by atoms with Crippen LogP contribution in [0.25, 0.3) is 0 Å². The number of halogens is 4. The van der Waals surface area contributed by atoms with E-state index in [2.05, 4.69) is 112 Å². The summed E-state index contributed by atoms with van der Waals surface area (Å²) in [5.41, 5.74) is 0. The van der Waals surface area contributed by atoms with Crippen molar-refractivity contribution in [1.82, 2.24) is 0 Å². The molecule has 4 aromatic rings. The summed E-state index contributed by atoms with van der Waals surface area (Å²) in [7, 11) is -3.41. The molecule has 0 atom stereocenters. The summed E-state index contributed by atoms with van der Waals surface area (Å²) in [6, 6.07) is 29.9. The highest BCUT2D eigenvalue weighted by atomic mass is 79.9. The Morgan fingerprint density at radius 2 is 0.719 bits per heavy atom. The Morgan fingerprint density at radius 1 is 0.469 bits per heavy atom. The molecular formula is C24H18Br4O2S2. The first-order valence-corrected chi connectivity index (χ1v) is 14.7. The molecule has 0 saturated heterocycles. The maximum absolute atomic E-state index is 12.2. The van der Waals surface area contributed by atoms with Crippen LogP contribution in [0, 0.1) is 0 Å². The van der Waals surface area contributed by atoms with Gasteiger partial charge in [0.2, 0.25) is 9.84 Å². The highest BCUT2D eigenvalue weighted by Crippen LogP contribution is 2.29. The molecule has 4 aromatic carbocycles. The van der Waals surface area contributed by atoms with Gasteiger partial charge in [0, 0.05) is 29.1 Å². The fourth-order valence-corrected chi connectivity index (χ4v) is 5.64. The van der Waals surface area contributed by atoms with E-state index < -0.39 is 9.84 Å². The molecule has 0 aliphatic carbocycles. The number of hydrogen-bond donors (Lipinski definition) is 0. The second-order valence-electron chi connectivity index (χ2n) is 6.42. The summed E-state index contributed by atoms with van der Waals surface area (Å²) in [6.07, 6.45) is 0. The number of hydrogen-bond acceptors (Lipinski definition) is 3. The van der Waals surface area contributed by atoms with Crippen molar-refractivity contribution in [1.29, 1.82) is 0 Å². The van der Waals surface area contributed by atoms with E-state index in [1.165, 1.54) is 9.79 Å². The Labute approximate surface area is 227 Å². The van der Waals surface area contributed by atoms with Gasteiger partial charge in [0.05, 0.1) is 9.79 Å². The zero-order chi connectivity index (χ0) is 23.1. The molecule has 0 radical (unpaired) electrons. The summed E-state index contributed by atoms with van der Waals surface area (Å²) >= 11 is 15.2. The van der Waals surface area contributed by atoms with E-state index in [1.807, 2.05) is 0 Å². The minimum Gasteiger partial charge on any atom is -0.219 e. The van der Waals surface area contributed by atoms with Crippen LogP contribution in [0.5, 0.6) is 0 Å². The average molecular weight is 722 g/mol. The van der Waals surface area contributed by atoms with Crippen molar-refractivity contribution >= 4 is 85.3 Å². The molecule has 0 N–H and O–H groups in total. The van der Waals surface area contributed by atoms with E-state index >= 15 is 0 Å². The minimum absolute atomic E-state index is 0. The van der Waals surface area contributed by atoms with Crippen molar-refractivity contribution in [2.75, 3.05) is 0 Å². The zero-order valence-corrected chi connectivity index (χ0v) is 24.4. The average Bonchev–Trinajstić information content (AvgIpc) is 2.78. The van der Waals surface area contributed by atoms with Gasteiger partial charge >= 0.3 is 0 Å². The largest absolute Gasteiger partial charge is 0.219 e. The van der Waals surface area contributed by atoms with E-state index in [-0.39, 0.29) is 1.43 Å². The van der Waals surface area contributed by atoms with Gasteiger partial charge in [-0.25, -0.2) is 8.42 Å². The SMILES string of the molecule is Brc1ccc(Sc2ccc(Br)cc2)cc1.O=S(=O)(c1ccc(Br)cc1)c1ccc(Br)cc1.[HH]. The van der Waals surface area contributed by atoms with Crippen LogP contribution < -0.4 is 0 Å². The smallest absolute Gasteiger partial charge is 0.206 e. The van der Waals surface area contributed by atoms with E-state index in [4.69, 9.17) is 0 Å². The van der Waals surface area contributed by atoms with Crippen LogP contribution in [0.1, 0.15) is 1.43 Å². The van der Waals surface area contributed by atoms with Gasteiger partial charge in [-0.15, -0.1) is 0 Å².